The Kier molecular flexibility index (Phi) is 4.07. The Morgan fingerprint density at radius 3 is 2.56 bits per heavy atom. The molecule has 0 aliphatic rings. The number of anilines is 1. The molecule has 1 unspecified atom stereocenters. The van der Waals surface area contributed by atoms with Gasteiger partial charge >= 0.3 is 0 Å². The standard InChI is InChI=1S/C14H17BrN2S/c1-8-7-12(15)5-6-13(8)16-9(2)14-10(3)18-11(4)17-14/h5-7,9,16H,1-4H3. The zero-order chi connectivity index (χ0) is 13.3. The van der Waals surface area contributed by atoms with Crippen LogP contribution in [0.15, 0.2) is 22.7 Å². The molecule has 0 saturated carbocycles. The Balaban J connectivity index is 2.21. The highest BCUT2D eigenvalue weighted by molar-refractivity contribution is 9.10. The minimum absolute atomic E-state index is 0.231. The van der Waals surface area contributed by atoms with Gasteiger partial charge in [-0.25, -0.2) is 4.98 Å². The first-order valence-corrected chi connectivity index (χ1v) is 7.55. The largest absolute Gasteiger partial charge is 0.377 e. The summed E-state index contributed by atoms with van der Waals surface area (Å²) in [5, 5.41) is 4.66. The SMILES string of the molecule is Cc1nc(C(C)Nc2ccc(Br)cc2C)c(C)s1. The molecule has 0 fully saturated rings. The third kappa shape index (κ3) is 2.93. The number of rotatable bonds is 3. The third-order valence-corrected chi connectivity index (χ3v) is 4.31. The van der Waals surface area contributed by atoms with Crippen molar-refractivity contribution in [3.05, 3.63) is 43.8 Å². The van der Waals surface area contributed by atoms with E-state index in [0.717, 1.165) is 20.9 Å². The summed E-state index contributed by atoms with van der Waals surface area (Å²) in [5.74, 6) is 0. The minimum Gasteiger partial charge on any atom is -0.377 e. The van der Waals surface area contributed by atoms with Gasteiger partial charge in [-0.05, 0) is 51.5 Å². The van der Waals surface area contributed by atoms with Crippen LogP contribution >= 0.6 is 27.3 Å². The van der Waals surface area contributed by atoms with Gasteiger partial charge in [-0.15, -0.1) is 11.3 Å². The van der Waals surface area contributed by atoms with E-state index in [2.05, 4.69) is 72.1 Å². The van der Waals surface area contributed by atoms with Crippen LogP contribution in [0, 0.1) is 20.8 Å². The first kappa shape index (κ1) is 13.6. The molecule has 0 aliphatic carbocycles. The van der Waals surface area contributed by atoms with Crippen LogP contribution < -0.4 is 5.32 Å². The van der Waals surface area contributed by atoms with Crippen molar-refractivity contribution in [2.75, 3.05) is 5.32 Å². The van der Waals surface area contributed by atoms with E-state index in [0.29, 0.717) is 0 Å². The highest BCUT2D eigenvalue weighted by Gasteiger charge is 2.13. The van der Waals surface area contributed by atoms with Gasteiger partial charge in [0.05, 0.1) is 16.7 Å². The van der Waals surface area contributed by atoms with Crippen molar-refractivity contribution in [2.45, 2.75) is 33.7 Å². The summed E-state index contributed by atoms with van der Waals surface area (Å²) in [6.07, 6.45) is 0. The fourth-order valence-corrected chi connectivity index (χ4v) is 3.43. The first-order valence-electron chi connectivity index (χ1n) is 5.94. The summed E-state index contributed by atoms with van der Waals surface area (Å²) in [4.78, 5) is 5.89. The van der Waals surface area contributed by atoms with E-state index in [-0.39, 0.29) is 6.04 Å². The van der Waals surface area contributed by atoms with Gasteiger partial charge in [-0.1, -0.05) is 15.9 Å². The molecule has 0 bridgehead atoms. The molecule has 96 valence electrons. The summed E-state index contributed by atoms with van der Waals surface area (Å²) in [5.41, 5.74) is 3.55. The predicted molar refractivity (Wildman–Crippen MR) is 82.5 cm³/mol. The average Bonchev–Trinajstić information content (AvgIpc) is 2.62. The molecule has 1 aromatic carbocycles. The van der Waals surface area contributed by atoms with Gasteiger partial charge in [-0.2, -0.15) is 0 Å². The topological polar surface area (TPSA) is 24.9 Å². The summed E-state index contributed by atoms with van der Waals surface area (Å²) in [6, 6.07) is 6.51. The van der Waals surface area contributed by atoms with Crippen LogP contribution in [0.5, 0.6) is 0 Å². The zero-order valence-corrected chi connectivity index (χ0v) is 13.4. The molecule has 0 aliphatic heterocycles. The zero-order valence-electron chi connectivity index (χ0n) is 11.0. The summed E-state index contributed by atoms with van der Waals surface area (Å²) in [6.45, 7) is 8.45. The van der Waals surface area contributed by atoms with Crippen LogP contribution in [0.2, 0.25) is 0 Å². The Hall–Kier alpha value is -0.870. The second-order valence-electron chi connectivity index (χ2n) is 4.50. The Morgan fingerprint density at radius 2 is 2.00 bits per heavy atom. The van der Waals surface area contributed by atoms with E-state index in [9.17, 15) is 0 Å². The van der Waals surface area contributed by atoms with Crippen molar-refractivity contribution in [1.82, 2.24) is 4.98 Å². The molecule has 2 rings (SSSR count). The van der Waals surface area contributed by atoms with Crippen molar-refractivity contribution in [1.29, 1.82) is 0 Å². The maximum absolute atomic E-state index is 4.60. The Morgan fingerprint density at radius 1 is 1.28 bits per heavy atom. The lowest BCUT2D eigenvalue weighted by Gasteiger charge is -2.16. The predicted octanol–water partition coefficient (Wildman–Crippen LogP) is 5.00. The maximum atomic E-state index is 4.60. The van der Waals surface area contributed by atoms with E-state index in [4.69, 9.17) is 0 Å². The smallest absolute Gasteiger partial charge is 0.0901 e. The minimum atomic E-state index is 0.231. The third-order valence-electron chi connectivity index (χ3n) is 2.91. The quantitative estimate of drug-likeness (QED) is 0.858. The number of halogens is 1. The monoisotopic (exact) mass is 324 g/mol. The lowest BCUT2D eigenvalue weighted by molar-refractivity contribution is 0.835. The van der Waals surface area contributed by atoms with Crippen LogP contribution in [-0.2, 0) is 0 Å². The fraction of sp³-hybridized carbons (Fsp3) is 0.357. The molecule has 18 heavy (non-hydrogen) atoms. The number of hydrogen-bond donors (Lipinski definition) is 1. The van der Waals surface area contributed by atoms with Crippen LogP contribution in [0.3, 0.4) is 0 Å². The number of nitrogens with zero attached hydrogens (tertiary/aromatic N) is 1. The highest BCUT2D eigenvalue weighted by atomic mass is 79.9. The molecule has 1 aromatic heterocycles. The molecule has 4 heteroatoms. The van der Waals surface area contributed by atoms with E-state index in [1.54, 1.807) is 11.3 Å². The molecular formula is C14H17BrN2S. The number of benzene rings is 1. The van der Waals surface area contributed by atoms with Gasteiger partial charge in [-0.3, -0.25) is 0 Å². The Labute approximate surface area is 121 Å². The molecule has 2 aromatic rings. The molecule has 1 N–H and O–H groups in total. The van der Waals surface area contributed by atoms with Crippen LogP contribution in [0.25, 0.3) is 0 Å². The van der Waals surface area contributed by atoms with Gasteiger partial charge in [0.25, 0.3) is 0 Å². The summed E-state index contributed by atoms with van der Waals surface area (Å²) in [7, 11) is 0. The molecule has 1 heterocycles. The van der Waals surface area contributed by atoms with Gasteiger partial charge in [0.1, 0.15) is 0 Å². The first-order chi connectivity index (χ1) is 8.47. The van der Waals surface area contributed by atoms with Crippen molar-refractivity contribution >= 4 is 33.0 Å². The molecule has 2 nitrogen and oxygen atoms in total. The number of aryl methyl sites for hydroxylation is 3. The summed E-state index contributed by atoms with van der Waals surface area (Å²) >= 11 is 5.24. The van der Waals surface area contributed by atoms with Crippen molar-refractivity contribution in [3.8, 4) is 0 Å². The molecular weight excluding hydrogens is 308 g/mol. The summed E-state index contributed by atoms with van der Waals surface area (Å²) < 4.78 is 1.11. The lowest BCUT2D eigenvalue weighted by atomic mass is 10.1. The van der Waals surface area contributed by atoms with Crippen molar-refractivity contribution < 1.29 is 0 Å². The van der Waals surface area contributed by atoms with Gasteiger partial charge in [0.2, 0.25) is 0 Å². The van der Waals surface area contributed by atoms with Crippen LogP contribution in [0.4, 0.5) is 5.69 Å². The normalized spacial score (nSPS) is 12.5. The molecule has 0 saturated heterocycles. The van der Waals surface area contributed by atoms with Crippen molar-refractivity contribution in [2.24, 2.45) is 0 Å². The maximum Gasteiger partial charge on any atom is 0.0901 e. The van der Waals surface area contributed by atoms with E-state index in [1.165, 1.54) is 10.4 Å². The van der Waals surface area contributed by atoms with E-state index in [1.807, 2.05) is 0 Å². The second-order valence-corrected chi connectivity index (χ2v) is 6.82. The van der Waals surface area contributed by atoms with Gasteiger partial charge in [0.15, 0.2) is 0 Å². The second kappa shape index (κ2) is 5.41. The molecule has 0 radical (unpaired) electrons. The number of aromatic nitrogens is 1. The fourth-order valence-electron chi connectivity index (χ4n) is 2.04. The molecule has 0 amide bonds. The van der Waals surface area contributed by atoms with Crippen molar-refractivity contribution in [3.63, 3.8) is 0 Å². The van der Waals surface area contributed by atoms with Crippen LogP contribution in [-0.4, -0.2) is 4.98 Å². The van der Waals surface area contributed by atoms with E-state index >= 15 is 0 Å². The van der Waals surface area contributed by atoms with Gasteiger partial charge in [0, 0.05) is 15.0 Å². The van der Waals surface area contributed by atoms with E-state index < -0.39 is 0 Å². The van der Waals surface area contributed by atoms with Gasteiger partial charge < -0.3 is 5.32 Å². The van der Waals surface area contributed by atoms with Crippen LogP contribution in [0.1, 0.15) is 34.1 Å². The number of nitrogens with one attached hydrogen (secondary N) is 1. The lowest BCUT2D eigenvalue weighted by Crippen LogP contribution is -2.09. The average molecular weight is 325 g/mol. The number of thiazole rings is 1. The molecule has 1 atom stereocenters. The highest BCUT2D eigenvalue weighted by Crippen LogP contribution is 2.27. The number of hydrogen-bond acceptors (Lipinski definition) is 3. The molecule has 0 spiro atoms. The Bertz CT molecular complexity index is 563.